The summed E-state index contributed by atoms with van der Waals surface area (Å²) in [6, 6.07) is 6.25. The average Bonchev–Trinajstić information content (AvgIpc) is 2.39. The van der Waals surface area contributed by atoms with Crippen LogP contribution in [0.1, 0.15) is 10.4 Å². The van der Waals surface area contributed by atoms with Gasteiger partial charge in [0, 0.05) is 6.20 Å². The van der Waals surface area contributed by atoms with Crippen molar-refractivity contribution in [3.05, 3.63) is 48.3 Å². The van der Waals surface area contributed by atoms with Gasteiger partial charge in [0.15, 0.2) is 5.75 Å². The van der Waals surface area contributed by atoms with Gasteiger partial charge in [-0.15, -0.1) is 13.2 Å². The van der Waals surface area contributed by atoms with Gasteiger partial charge in [0.25, 0.3) is 5.91 Å². The average molecular weight is 298 g/mol. The Kier molecular flexibility index (Phi) is 3.97. The number of rotatable bonds is 3. The van der Waals surface area contributed by atoms with Crippen molar-refractivity contribution in [1.29, 1.82) is 0 Å². The minimum atomic E-state index is -4.87. The summed E-state index contributed by atoms with van der Waals surface area (Å²) >= 11 is 0. The molecular formula is C13H9F3N2O3. The van der Waals surface area contributed by atoms with E-state index in [9.17, 15) is 23.1 Å². The second-order valence-corrected chi connectivity index (χ2v) is 3.93. The van der Waals surface area contributed by atoms with Crippen LogP contribution in [0.3, 0.4) is 0 Å². The highest BCUT2D eigenvalue weighted by Gasteiger charge is 2.32. The number of nitrogens with zero attached hydrogens (tertiary/aromatic N) is 1. The van der Waals surface area contributed by atoms with Crippen LogP contribution < -0.4 is 10.1 Å². The number of pyridine rings is 1. The maximum atomic E-state index is 12.3. The van der Waals surface area contributed by atoms with E-state index in [0.29, 0.717) is 0 Å². The molecule has 0 fully saturated rings. The lowest BCUT2D eigenvalue weighted by Gasteiger charge is -2.13. The molecule has 2 aromatic rings. The van der Waals surface area contributed by atoms with Crippen molar-refractivity contribution in [2.24, 2.45) is 0 Å². The topological polar surface area (TPSA) is 71.5 Å². The Morgan fingerprint density at radius 2 is 1.95 bits per heavy atom. The lowest BCUT2D eigenvalue weighted by Crippen LogP contribution is -2.19. The molecule has 0 atom stereocenters. The molecule has 0 radical (unpaired) electrons. The normalized spacial score (nSPS) is 11.0. The minimum absolute atomic E-state index is 0.00295. The number of benzene rings is 1. The van der Waals surface area contributed by atoms with Gasteiger partial charge in [-0.1, -0.05) is 12.1 Å². The highest BCUT2D eigenvalue weighted by molar-refractivity contribution is 6.05. The summed E-state index contributed by atoms with van der Waals surface area (Å²) in [7, 11) is 0. The number of hydrogen-bond acceptors (Lipinski definition) is 4. The molecule has 0 saturated heterocycles. The third-order valence-electron chi connectivity index (χ3n) is 2.35. The molecule has 2 N–H and O–H groups in total. The van der Waals surface area contributed by atoms with E-state index in [2.05, 4.69) is 15.0 Å². The molecular weight excluding hydrogens is 289 g/mol. The molecule has 21 heavy (non-hydrogen) atoms. The van der Waals surface area contributed by atoms with Crippen LogP contribution in [0.15, 0.2) is 42.7 Å². The van der Waals surface area contributed by atoms with Gasteiger partial charge in [-0.3, -0.25) is 9.78 Å². The smallest absolute Gasteiger partial charge is 0.506 e. The van der Waals surface area contributed by atoms with Gasteiger partial charge in [0.2, 0.25) is 0 Å². The van der Waals surface area contributed by atoms with Crippen molar-refractivity contribution < 1.29 is 27.8 Å². The molecule has 2 rings (SSSR count). The Hall–Kier alpha value is -2.77. The number of ether oxygens (including phenoxy) is 1. The van der Waals surface area contributed by atoms with Crippen molar-refractivity contribution in [3.8, 4) is 11.5 Å². The molecule has 0 aliphatic rings. The minimum Gasteiger partial charge on any atom is -0.506 e. The van der Waals surface area contributed by atoms with E-state index in [0.717, 1.165) is 18.3 Å². The van der Waals surface area contributed by atoms with Gasteiger partial charge in [-0.2, -0.15) is 0 Å². The van der Waals surface area contributed by atoms with Gasteiger partial charge >= 0.3 is 6.36 Å². The Labute approximate surface area is 117 Å². The fraction of sp³-hybridized carbons (Fsp3) is 0.0769. The largest absolute Gasteiger partial charge is 0.573 e. The maximum Gasteiger partial charge on any atom is 0.573 e. The second kappa shape index (κ2) is 5.70. The van der Waals surface area contributed by atoms with E-state index in [1.165, 1.54) is 24.4 Å². The first-order valence-corrected chi connectivity index (χ1v) is 5.65. The van der Waals surface area contributed by atoms with Gasteiger partial charge in [0.1, 0.15) is 5.75 Å². The molecule has 1 amide bonds. The lowest BCUT2D eigenvalue weighted by atomic mass is 10.2. The third kappa shape index (κ3) is 4.10. The number of amides is 1. The van der Waals surface area contributed by atoms with Gasteiger partial charge in [-0.05, 0) is 18.2 Å². The molecule has 0 aliphatic heterocycles. The molecule has 0 aliphatic carbocycles. The first-order chi connectivity index (χ1) is 9.85. The number of halogens is 3. The molecule has 1 aromatic carbocycles. The van der Waals surface area contributed by atoms with Crippen molar-refractivity contribution in [2.75, 3.05) is 5.32 Å². The number of alkyl halides is 3. The maximum absolute atomic E-state index is 12.3. The van der Waals surface area contributed by atoms with Crippen LogP contribution in [0.5, 0.6) is 11.5 Å². The fourth-order valence-corrected chi connectivity index (χ4v) is 1.53. The molecule has 0 saturated carbocycles. The van der Waals surface area contributed by atoms with E-state index in [1.807, 2.05) is 0 Å². The summed E-state index contributed by atoms with van der Waals surface area (Å²) in [5, 5.41) is 11.5. The molecule has 110 valence electrons. The number of nitrogens with one attached hydrogen (secondary N) is 1. The predicted octanol–water partition coefficient (Wildman–Crippen LogP) is 2.94. The van der Waals surface area contributed by atoms with Crippen LogP contribution in [0, 0.1) is 0 Å². The Morgan fingerprint density at radius 1 is 1.24 bits per heavy atom. The molecule has 1 heterocycles. The van der Waals surface area contributed by atoms with Crippen molar-refractivity contribution >= 4 is 11.6 Å². The summed E-state index contributed by atoms with van der Waals surface area (Å²) < 4.78 is 40.6. The van der Waals surface area contributed by atoms with E-state index >= 15 is 0 Å². The van der Waals surface area contributed by atoms with Crippen LogP contribution in [-0.2, 0) is 0 Å². The number of hydrogen-bond donors (Lipinski definition) is 2. The van der Waals surface area contributed by atoms with E-state index < -0.39 is 18.0 Å². The first-order valence-electron chi connectivity index (χ1n) is 5.65. The number of para-hydroxylation sites is 2. The summed E-state index contributed by atoms with van der Waals surface area (Å²) in [5.41, 5.74) is -0.153. The summed E-state index contributed by atoms with van der Waals surface area (Å²) in [5.74, 6) is -1.49. The van der Waals surface area contributed by atoms with Crippen LogP contribution >= 0.6 is 0 Å². The number of carbonyl (C=O) groups is 1. The highest BCUT2D eigenvalue weighted by Crippen LogP contribution is 2.30. The van der Waals surface area contributed by atoms with E-state index in [-0.39, 0.29) is 17.0 Å². The monoisotopic (exact) mass is 298 g/mol. The first kappa shape index (κ1) is 14.6. The van der Waals surface area contributed by atoms with Crippen LogP contribution in [0.4, 0.5) is 18.9 Å². The Balaban J connectivity index is 2.22. The number of anilines is 1. The summed E-state index contributed by atoms with van der Waals surface area (Å²) in [6.07, 6.45) is -2.58. The van der Waals surface area contributed by atoms with Gasteiger partial charge < -0.3 is 15.2 Å². The summed E-state index contributed by atoms with van der Waals surface area (Å²) in [6.45, 7) is 0. The zero-order chi connectivity index (χ0) is 15.5. The molecule has 0 bridgehead atoms. The molecule has 0 spiro atoms. The van der Waals surface area contributed by atoms with Crippen molar-refractivity contribution in [1.82, 2.24) is 4.98 Å². The van der Waals surface area contributed by atoms with Crippen LogP contribution in [0.2, 0.25) is 0 Å². The van der Waals surface area contributed by atoms with Crippen molar-refractivity contribution in [3.63, 3.8) is 0 Å². The molecule has 5 nitrogen and oxygen atoms in total. The zero-order valence-corrected chi connectivity index (χ0v) is 10.4. The lowest BCUT2D eigenvalue weighted by molar-refractivity contribution is -0.274. The van der Waals surface area contributed by atoms with Gasteiger partial charge in [0.05, 0.1) is 17.4 Å². The number of carbonyl (C=O) groups excluding carboxylic acids is 1. The standard InChI is InChI=1S/C13H9F3N2O3/c14-13(15,16)21-11-4-2-1-3-10(11)18-12(20)8-5-9(19)7-17-6-8/h1-7,19H,(H,18,20). The fourth-order valence-electron chi connectivity index (χ4n) is 1.53. The quantitative estimate of drug-likeness (QED) is 0.914. The number of aromatic nitrogens is 1. The third-order valence-corrected chi connectivity index (χ3v) is 2.35. The second-order valence-electron chi connectivity index (χ2n) is 3.93. The Bertz CT molecular complexity index is 659. The molecule has 0 unspecified atom stereocenters. The number of aromatic hydroxyl groups is 1. The highest BCUT2D eigenvalue weighted by atomic mass is 19.4. The van der Waals surface area contributed by atoms with E-state index in [4.69, 9.17) is 0 Å². The van der Waals surface area contributed by atoms with E-state index in [1.54, 1.807) is 0 Å². The molecule has 8 heteroatoms. The molecule has 1 aromatic heterocycles. The predicted molar refractivity (Wildman–Crippen MR) is 67.0 cm³/mol. The van der Waals surface area contributed by atoms with Gasteiger partial charge in [-0.25, -0.2) is 0 Å². The van der Waals surface area contributed by atoms with Crippen LogP contribution in [-0.4, -0.2) is 22.4 Å². The van der Waals surface area contributed by atoms with Crippen LogP contribution in [0.25, 0.3) is 0 Å². The summed E-state index contributed by atoms with van der Waals surface area (Å²) in [4.78, 5) is 15.5. The Morgan fingerprint density at radius 3 is 2.62 bits per heavy atom. The SMILES string of the molecule is O=C(Nc1ccccc1OC(F)(F)F)c1cncc(O)c1. The van der Waals surface area contributed by atoms with Crippen molar-refractivity contribution in [2.45, 2.75) is 6.36 Å². The zero-order valence-electron chi connectivity index (χ0n) is 10.4.